The Kier molecular flexibility index (Phi) is 4.75. The monoisotopic (exact) mass is 386 g/mol. The predicted molar refractivity (Wildman–Crippen MR) is 109 cm³/mol. The van der Waals surface area contributed by atoms with Crippen molar-refractivity contribution in [1.29, 1.82) is 0 Å². The lowest BCUT2D eigenvalue weighted by Gasteiger charge is -2.35. The molecule has 0 unspecified atom stereocenters. The van der Waals surface area contributed by atoms with Crippen LogP contribution in [0.25, 0.3) is 0 Å². The maximum Gasteiger partial charge on any atom is 0.230 e. The Morgan fingerprint density at radius 3 is 2.41 bits per heavy atom. The molecule has 1 aliphatic carbocycles. The molecule has 2 fully saturated rings. The van der Waals surface area contributed by atoms with Crippen molar-refractivity contribution in [3.63, 3.8) is 0 Å². The summed E-state index contributed by atoms with van der Waals surface area (Å²) in [5, 5.41) is 13.8. The first-order valence-corrected chi connectivity index (χ1v) is 10.3. The summed E-state index contributed by atoms with van der Waals surface area (Å²) < 4.78 is 0. The number of hydrogen-bond donors (Lipinski definition) is 1. The van der Waals surface area contributed by atoms with Gasteiger partial charge in [-0.25, -0.2) is 4.98 Å². The van der Waals surface area contributed by atoms with Crippen LogP contribution in [0.5, 0.6) is 0 Å². The first-order valence-electron chi connectivity index (χ1n) is 9.51. The highest BCUT2D eigenvalue weighted by Gasteiger charge is 2.29. The Labute approximate surface area is 163 Å². The van der Waals surface area contributed by atoms with Crippen molar-refractivity contribution >= 4 is 33.9 Å². The minimum absolute atomic E-state index is 0.0287. The van der Waals surface area contributed by atoms with Crippen LogP contribution in [-0.2, 0) is 4.79 Å². The Morgan fingerprint density at radius 2 is 1.81 bits per heavy atom. The molecule has 0 spiro atoms. The molecule has 1 N–H and O–H groups in total. The molecular weight excluding hydrogens is 360 g/mol. The van der Waals surface area contributed by atoms with Crippen molar-refractivity contribution in [2.24, 2.45) is 5.41 Å². The van der Waals surface area contributed by atoms with Gasteiger partial charge in [0.25, 0.3) is 0 Å². The largest absolute Gasteiger partial charge is 0.367 e. The second-order valence-corrected chi connectivity index (χ2v) is 9.26. The van der Waals surface area contributed by atoms with E-state index in [1.807, 2.05) is 39.1 Å². The highest BCUT2D eigenvalue weighted by Crippen LogP contribution is 2.42. The number of aromatic nitrogens is 3. The molecular formula is C19H26N6OS. The number of pyridine rings is 1. The van der Waals surface area contributed by atoms with Crippen molar-refractivity contribution in [2.45, 2.75) is 39.5 Å². The molecule has 4 rings (SSSR count). The number of hydrogen-bond acceptors (Lipinski definition) is 7. The summed E-state index contributed by atoms with van der Waals surface area (Å²) in [6.07, 6.45) is 4.37. The number of anilines is 3. The molecule has 2 aromatic rings. The Morgan fingerprint density at radius 1 is 1.11 bits per heavy atom. The fraction of sp³-hybridized carbons (Fsp3) is 0.579. The molecule has 1 aliphatic heterocycles. The van der Waals surface area contributed by atoms with E-state index in [1.165, 1.54) is 17.8 Å². The van der Waals surface area contributed by atoms with Gasteiger partial charge < -0.3 is 15.1 Å². The van der Waals surface area contributed by atoms with Crippen LogP contribution in [0.15, 0.2) is 18.3 Å². The number of carbonyl (C=O) groups excluding carboxylic acids is 1. The second kappa shape index (κ2) is 7.07. The van der Waals surface area contributed by atoms with Crippen LogP contribution < -0.4 is 15.1 Å². The van der Waals surface area contributed by atoms with Crippen molar-refractivity contribution in [1.82, 2.24) is 15.2 Å². The normalized spacial score (nSPS) is 17.9. The molecule has 3 heterocycles. The van der Waals surface area contributed by atoms with E-state index in [4.69, 9.17) is 0 Å². The summed E-state index contributed by atoms with van der Waals surface area (Å²) in [6, 6.07) is 3.90. The van der Waals surface area contributed by atoms with Crippen LogP contribution in [0.3, 0.4) is 0 Å². The minimum atomic E-state index is -0.430. The van der Waals surface area contributed by atoms with Crippen molar-refractivity contribution in [3.05, 3.63) is 23.3 Å². The molecule has 2 aliphatic rings. The SMILES string of the molecule is CC(C)(C)C(=O)Nc1ccc(N2CCN(c3nnc(C4CC4)s3)CC2)cn1. The zero-order chi connectivity index (χ0) is 19.0. The maximum absolute atomic E-state index is 12.1. The van der Waals surface area contributed by atoms with Crippen LogP contribution in [0.4, 0.5) is 16.6 Å². The Bertz CT molecular complexity index is 800. The molecule has 0 radical (unpaired) electrons. The zero-order valence-corrected chi connectivity index (χ0v) is 16.9. The number of nitrogens with one attached hydrogen (secondary N) is 1. The minimum Gasteiger partial charge on any atom is -0.367 e. The summed E-state index contributed by atoms with van der Waals surface area (Å²) in [4.78, 5) is 21.1. The molecule has 8 heteroatoms. The van der Waals surface area contributed by atoms with Gasteiger partial charge in [-0.3, -0.25) is 4.79 Å². The number of nitrogens with zero attached hydrogens (tertiary/aromatic N) is 5. The van der Waals surface area contributed by atoms with Gasteiger partial charge in [0.1, 0.15) is 10.8 Å². The number of carbonyl (C=O) groups is 1. The lowest BCUT2D eigenvalue weighted by molar-refractivity contribution is -0.123. The van der Waals surface area contributed by atoms with Crippen LogP contribution in [-0.4, -0.2) is 47.3 Å². The highest BCUT2D eigenvalue weighted by atomic mass is 32.1. The fourth-order valence-corrected chi connectivity index (χ4v) is 4.02. The lowest BCUT2D eigenvalue weighted by atomic mass is 9.96. The van der Waals surface area contributed by atoms with Gasteiger partial charge in [-0.1, -0.05) is 32.1 Å². The van der Waals surface area contributed by atoms with Crippen LogP contribution in [0, 0.1) is 5.41 Å². The van der Waals surface area contributed by atoms with Gasteiger partial charge in [0.2, 0.25) is 11.0 Å². The van der Waals surface area contributed by atoms with Gasteiger partial charge >= 0.3 is 0 Å². The molecule has 7 nitrogen and oxygen atoms in total. The molecule has 0 aromatic carbocycles. The highest BCUT2D eigenvalue weighted by molar-refractivity contribution is 7.15. The summed E-state index contributed by atoms with van der Waals surface area (Å²) in [6.45, 7) is 9.39. The third-order valence-corrected chi connectivity index (χ3v) is 6.09. The molecule has 1 amide bonds. The zero-order valence-electron chi connectivity index (χ0n) is 16.1. The summed E-state index contributed by atoms with van der Waals surface area (Å²) >= 11 is 1.75. The quantitative estimate of drug-likeness (QED) is 0.870. The van der Waals surface area contributed by atoms with E-state index >= 15 is 0 Å². The number of amides is 1. The topological polar surface area (TPSA) is 74.2 Å². The Balaban J connectivity index is 1.33. The fourth-order valence-electron chi connectivity index (χ4n) is 2.96. The van der Waals surface area contributed by atoms with E-state index in [9.17, 15) is 4.79 Å². The molecule has 27 heavy (non-hydrogen) atoms. The third kappa shape index (κ3) is 4.21. The van der Waals surface area contributed by atoms with Gasteiger partial charge in [-0.15, -0.1) is 10.2 Å². The van der Waals surface area contributed by atoms with Crippen LogP contribution >= 0.6 is 11.3 Å². The first-order chi connectivity index (χ1) is 12.9. The first kappa shape index (κ1) is 18.2. The Hall–Kier alpha value is -2.22. The second-order valence-electron chi connectivity index (χ2n) is 8.28. The van der Waals surface area contributed by atoms with E-state index in [0.29, 0.717) is 11.7 Å². The number of piperazine rings is 1. The molecule has 0 atom stereocenters. The van der Waals surface area contributed by atoms with Crippen molar-refractivity contribution < 1.29 is 4.79 Å². The van der Waals surface area contributed by atoms with E-state index in [-0.39, 0.29) is 5.91 Å². The maximum atomic E-state index is 12.1. The smallest absolute Gasteiger partial charge is 0.230 e. The van der Waals surface area contributed by atoms with Crippen molar-refractivity contribution in [2.75, 3.05) is 41.3 Å². The lowest BCUT2D eigenvalue weighted by Crippen LogP contribution is -2.46. The predicted octanol–water partition coefficient (Wildman–Crippen LogP) is 3.12. The summed E-state index contributed by atoms with van der Waals surface area (Å²) in [5.74, 6) is 1.23. The molecule has 1 saturated heterocycles. The van der Waals surface area contributed by atoms with Gasteiger partial charge in [-0.2, -0.15) is 0 Å². The van der Waals surface area contributed by atoms with Gasteiger partial charge in [0.05, 0.1) is 11.9 Å². The summed E-state index contributed by atoms with van der Waals surface area (Å²) in [5.41, 5.74) is 0.653. The molecule has 144 valence electrons. The number of rotatable bonds is 4. The van der Waals surface area contributed by atoms with Crippen LogP contribution in [0.2, 0.25) is 0 Å². The van der Waals surface area contributed by atoms with E-state index in [0.717, 1.165) is 37.0 Å². The average Bonchev–Trinajstić information content (AvgIpc) is 3.39. The summed E-state index contributed by atoms with van der Waals surface area (Å²) in [7, 11) is 0. The van der Waals surface area contributed by atoms with Gasteiger partial charge in [0.15, 0.2) is 0 Å². The standard InChI is InChI=1S/C19H26N6OS/c1-19(2,3)17(26)21-15-7-6-14(12-20-15)24-8-10-25(11-9-24)18-23-22-16(27-18)13-4-5-13/h6-7,12-13H,4-5,8-11H2,1-3H3,(H,20,21,26). The molecule has 2 aromatic heterocycles. The van der Waals surface area contributed by atoms with Crippen molar-refractivity contribution in [3.8, 4) is 0 Å². The van der Waals surface area contributed by atoms with E-state index < -0.39 is 5.41 Å². The van der Waals surface area contributed by atoms with Crippen LogP contribution in [0.1, 0.15) is 44.5 Å². The van der Waals surface area contributed by atoms with E-state index in [2.05, 4.69) is 30.3 Å². The van der Waals surface area contributed by atoms with Gasteiger partial charge in [-0.05, 0) is 25.0 Å². The van der Waals surface area contributed by atoms with E-state index in [1.54, 1.807) is 11.3 Å². The third-order valence-electron chi connectivity index (χ3n) is 4.94. The molecule has 0 bridgehead atoms. The average molecular weight is 387 g/mol. The van der Waals surface area contributed by atoms with Gasteiger partial charge in [0, 0.05) is 37.5 Å². The molecule has 1 saturated carbocycles.